The minimum Gasteiger partial charge on any atom is -0.508 e. The molecule has 5 heteroatoms. The Morgan fingerprint density at radius 2 is 1.76 bits per heavy atom. The first-order chi connectivity index (χ1) is 13.8. The predicted octanol–water partition coefficient (Wildman–Crippen LogP) is 5.43. The molecule has 0 saturated heterocycles. The van der Waals surface area contributed by atoms with Gasteiger partial charge in [-0.3, -0.25) is 4.99 Å². The molecule has 0 radical (unpaired) electrons. The van der Waals surface area contributed by atoms with Crippen molar-refractivity contribution in [3.63, 3.8) is 0 Å². The lowest BCUT2D eigenvalue weighted by Crippen LogP contribution is -2.10. The van der Waals surface area contributed by atoms with Crippen molar-refractivity contribution in [1.82, 2.24) is 0 Å². The highest BCUT2D eigenvalue weighted by Gasteiger charge is 2.12. The minimum atomic E-state index is 0.225. The van der Waals surface area contributed by atoms with E-state index in [0.29, 0.717) is 12.5 Å². The maximum atomic E-state index is 9.66. The fraction of sp³-hybridized carbons (Fsp3) is 0.375. The van der Waals surface area contributed by atoms with Gasteiger partial charge in [-0.25, -0.2) is 0 Å². The minimum absolute atomic E-state index is 0.225. The van der Waals surface area contributed by atoms with Crippen LogP contribution in [0.4, 0.5) is 0 Å². The van der Waals surface area contributed by atoms with Gasteiger partial charge in [-0.2, -0.15) is 10.2 Å². The summed E-state index contributed by atoms with van der Waals surface area (Å²) in [4.78, 5) is 4.85. The van der Waals surface area contributed by atoms with E-state index in [9.17, 15) is 5.11 Å². The second-order valence-electron chi connectivity index (χ2n) is 7.28. The smallest absolute Gasteiger partial charge is 0.119 e. The van der Waals surface area contributed by atoms with Crippen molar-refractivity contribution in [2.75, 3.05) is 13.7 Å². The zero-order valence-electron chi connectivity index (χ0n) is 18.2. The molecule has 29 heavy (non-hydrogen) atoms. The fourth-order valence-corrected chi connectivity index (χ4v) is 2.72. The zero-order valence-corrected chi connectivity index (χ0v) is 18.2. The first-order valence-corrected chi connectivity index (χ1v) is 9.92. The Hall–Kier alpha value is -2.95. The van der Waals surface area contributed by atoms with Crippen LogP contribution in [0.1, 0.15) is 50.8 Å². The van der Waals surface area contributed by atoms with E-state index in [1.165, 1.54) is 0 Å². The van der Waals surface area contributed by atoms with Crippen LogP contribution in [-0.4, -0.2) is 35.9 Å². The summed E-state index contributed by atoms with van der Waals surface area (Å²) in [6, 6.07) is 13.0. The van der Waals surface area contributed by atoms with Crippen LogP contribution in [-0.2, 0) is 0 Å². The van der Waals surface area contributed by atoms with Crippen LogP contribution in [0.3, 0.4) is 0 Å². The Bertz CT molecular complexity index is 912. The molecule has 0 aliphatic heterocycles. The number of hydrogen-bond donors (Lipinski definition) is 1. The molecular weight excluding hydrogens is 362 g/mol. The molecule has 5 nitrogen and oxygen atoms in total. The Labute approximate surface area is 173 Å². The van der Waals surface area contributed by atoms with Gasteiger partial charge in [-0.1, -0.05) is 19.9 Å². The molecule has 0 fully saturated rings. The Balaban J connectivity index is 2.42. The number of aryl methyl sites for hydroxylation is 1. The number of rotatable bonds is 8. The van der Waals surface area contributed by atoms with E-state index in [-0.39, 0.29) is 5.75 Å². The predicted molar refractivity (Wildman–Crippen MR) is 122 cm³/mol. The van der Waals surface area contributed by atoms with Crippen LogP contribution >= 0.6 is 0 Å². The molecule has 0 aromatic heterocycles. The molecule has 1 atom stereocenters. The van der Waals surface area contributed by atoms with Gasteiger partial charge in [0.15, 0.2) is 0 Å². The number of phenols is 1. The van der Waals surface area contributed by atoms with Crippen molar-refractivity contribution in [1.29, 1.82) is 0 Å². The van der Waals surface area contributed by atoms with Gasteiger partial charge < -0.3 is 9.84 Å². The maximum absolute atomic E-state index is 9.66. The van der Waals surface area contributed by atoms with Crippen molar-refractivity contribution in [2.45, 2.75) is 41.0 Å². The average Bonchev–Trinajstić information content (AvgIpc) is 2.73. The standard InChI is InChI=1S/C24H31N3O2/c1-7-16(2)19(5)27-26-18(4)15-25-24(20-9-11-21(28)12-10-20)23-14-22(29-6)13-8-17(23)3/h8-14,16,28H,7,15H2,1-6H3/b25-24?,26-18+,27-19-. The van der Waals surface area contributed by atoms with Gasteiger partial charge >= 0.3 is 0 Å². The molecule has 0 aliphatic carbocycles. The molecule has 1 unspecified atom stereocenters. The van der Waals surface area contributed by atoms with Gasteiger partial charge in [0.25, 0.3) is 0 Å². The summed E-state index contributed by atoms with van der Waals surface area (Å²) in [5.41, 5.74) is 5.70. The summed E-state index contributed by atoms with van der Waals surface area (Å²) in [7, 11) is 1.65. The van der Waals surface area contributed by atoms with Crippen LogP contribution in [0.5, 0.6) is 11.5 Å². The lowest BCUT2D eigenvalue weighted by molar-refractivity contribution is 0.414. The molecule has 0 spiro atoms. The first-order valence-electron chi connectivity index (χ1n) is 9.92. The van der Waals surface area contributed by atoms with Gasteiger partial charge in [0.2, 0.25) is 0 Å². The van der Waals surface area contributed by atoms with E-state index in [2.05, 4.69) is 24.1 Å². The van der Waals surface area contributed by atoms with E-state index in [4.69, 9.17) is 9.73 Å². The SMILES string of the molecule is CCC(C)/C(C)=N\N=C(/C)CN=C(c1ccc(O)cc1)c1cc(OC)ccc1C. The third-order valence-electron chi connectivity index (χ3n) is 5.01. The van der Waals surface area contributed by atoms with E-state index < -0.39 is 0 Å². The maximum Gasteiger partial charge on any atom is 0.119 e. The summed E-state index contributed by atoms with van der Waals surface area (Å²) in [5, 5.41) is 18.4. The second kappa shape index (κ2) is 10.6. The van der Waals surface area contributed by atoms with Crippen LogP contribution < -0.4 is 4.74 Å². The summed E-state index contributed by atoms with van der Waals surface area (Å²) in [5.74, 6) is 1.42. The number of hydrogen-bond acceptors (Lipinski definition) is 5. The molecule has 0 heterocycles. The van der Waals surface area contributed by atoms with Gasteiger partial charge in [0, 0.05) is 16.8 Å². The van der Waals surface area contributed by atoms with E-state index >= 15 is 0 Å². The third-order valence-corrected chi connectivity index (χ3v) is 5.01. The molecule has 0 saturated carbocycles. The number of aliphatic imine (C=N–C) groups is 1. The highest BCUT2D eigenvalue weighted by molar-refractivity contribution is 6.14. The second-order valence-corrected chi connectivity index (χ2v) is 7.28. The fourth-order valence-electron chi connectivity index (χ4n) is 2.72. The monoisotopic (exact) mass is 393 g/mol. The van der Waals surface area contributed by atoms with Crippen LogP contribution in [0.25, 0.3) is 0 Å². The molecular formula is C24H31N3O2. The van der Waals surface area contributed by atoms with E-state index in [1.807, 2.05) is 51.1 Å². The molecule has 154 valence electrons. The molecule has 2 aromatic carbocycles. The van der Waals surface area contributed by atoms with Crippen molar-refractivity contribution in [2.24, 2.45) is 21.1 Å². The molecule has 0 aliphatic rings. The van der Waals surface area contributed by atoms with Gasteiger partial charge in [-0.15, -0.1) is 0 Å². The number of aromatic hydroxyl groups is 1. The Morgan fingerprint density at radius 3 is 2.38 bits per heavy atom. The molecule has 2 rings (SSSR count). The summed E-state index contributed by atoms with van der Waals surface area (Å²) >= 11 is 0. The zero-order chi connectivity index (χ0) is 21.4. The molecule has 0 bridgehead atoms. The van der Waals surface area contributed by atoms with Crippen LogP contribution in [0.15, 0.2) is 57.7 Å². The summed E-state index contributed by atoms with van der Waals surface area (Å²) in [6.07, 6.45) is 1.04. The summed E-state index contributed by atoms with van der Waals surface area (Å²) in [6.45, 7) is 10.7. The quantitative estimate of drug-likeness (QED) is 0.480. The lowest BCUT2D eigenvalue weighted by atomic mass is 9.97. The van der Waals surface area contributed by atoms with E-state index in [0.717, 1.165) is 46.0 Å². The van der Waals surface area contributed by atoms with Gasteiger partial charge in [-0.05, 0) is 75.1 Å². The summed E-state index contributed by atoms with van der Waals surface area (Å²) < 4.78 is 5.40. The lowest BCUT2D eigenvalue weighted by Gasteiger charge is -2.12. The van der Waals surface area contributed by atoms with Crippen LogP contribution in [0.2, 0.25) is 0 Å². The highest BCUT2D eigenvalue weighted by Crippen LogP contribution is 2.22. The van der Waals surface area contributed by atoms with Crippen LogP contribution in [0, 0.1) is 12.8 Å². The number of phenolic OH excluding ortho intramolecular Hbond substituents is 1. The largest absolute Gasteiger partial charge is 0.508 e. The third kappa shape index (κ3) is 6.28. The first kappa shape index (κ1) is 22.3. The average molecular weight is 394 g/mol. The topological polar surface area (TPSA) is 66.5 Å². The van der Waals surface area contributed by atoms with Gasteiger partial charge in [0.05, 0.1) is 25.1 Å². The number of methoxy groups -OCH3 is 1. The van der Waals surface area contributed by atoms with Crippen molar-refractivity contribution in [3.8, 4) is 11.5 Å². The molecule has 2 aromatic rings. The normalized spacial score (nSPS) is 14.1. The van der Waals surface area contributed by atoms with Gasteiger partial charge in [0.1, 0.15) is 11.5 Å². The van der Waals surface area contributed by atoms with Crippen molar-refractivity contribution in [3.05, 3.63) is 59.2 Å². The molecule has 0 amide bonds. The number of benzene rings is 2. The Morgan fingerprint density at radius 1 is 1.07 bits per heavy atom. The van der Waals surface area contributed by atoms with Crippen molar-refractivity contribution >= 4 is 17.1 Å². The molecule has 1 N–H and O–H groups in total. The number of ether oxygens (including phenoxy) is 1. The van der Waals surface area contributed by atoms with Crippen molar-refractivity contribution < 1.29 is 9.84 Å². The highest BCUT2D eigenvalue weighted by atomic mass is 16.5. The van der Waals surface area contributed by atoms with E-state index in [1.54, 1.807) is 19.2 Å². The number of nitrogens with zero attached hydrogens (tertiary/aromatic N) is 3. The Kier molecular flexibility index (Phi) is 8.13.